The average Bonchev–Trinajstić information content (AvgIpc) is 3.65. The van der Waals surface area contributed by atoms with E-state index in [2.05, 4.69) is 20.8 Å². The second kappa shape index (κ2) is 11.9. The van der Waals surface area contributed by atoms with Crippen molar-refractivity contribution in [1.29, 1.82) is 0 Å². The van der Waals surface area contributed by atoms with Crippen LogP contribution in [-0.4, -0.2) is 48.5 Å². The van der Waals surface area contributed by atoms with Gasteiger partial charge < -0.3 is 14.8 Å². The molecule has 8 nitrogen and oxygen atoms in total. The lowest BCUT2D eigenvalue weighted by Gasteiger charge is -2.25. The Kier molecular flexibility index (Phi) is 8.64. The molecule has 2 amide bonds. The predicted octanol–water partition coefficient (Wildman–Crippen LogP) is 4.52. The van der Waals surface area contributed by atoms with Gasteiger partial charge in [-0.3, -0.25) is 14.9 Å². The number of thioether (sulfide) groups is 1. The Morgan fingerprint density at radius 1 is 1.11 bits per heavy atom. The van der Waals surface area contributed by atoms with Gasteiger partial charge in [-0.2, -0.15) is 0 Å². The van der Waals surface area contributed by atoms with Crippen LogP contribution in [0.1, 0.15) is 36.1 Å². The number of rotatable bonds is 11. The minimum atomic E-state index is -0.471. The van der Waals surface area contributed by atoms with E-state index < -0.39 is 5.41 Å². The van der Waals surface area contributed by atoms with Crippen molar-refractivity contribution in [3.8, 4) is 11.5 Å². The Hall–Kier alpha value is -2.63. The van der Waals surface area contributed by atoms with Crippen LogP contribution in [0, 0.1) is 0 Å². The van der Waals surface area contributed by atoms with Crippen molar-refractivity contribution in [3.05, 3.63) is 46.2 Å². The number of nitrogens with one attached hydrogen (secondary N) is 2. The molecule has 1 aliphatic carbocycles. The van der Waals surface area contributed by atoms with Crippen LogP contribution in [-0.2, 0) is 21.4 Å². The van der Waals surface area contributed by atoms with Crippen LogP contribution >= 0.6 is 34.4 Å². The van der Waals surface area contributed by atoms with E-state index in [-0.39, 0.29) is 17.6 Å². The maximum Gasteiger partial charge on any atom is 0.237 e. The molecule has 0 atom stereocenters. The number of thiophene rings is 1. The van der Waals surface area contributed by atoms with E-state index in [0.717, 1.165) is 36.1 Å². The highest BCUT2D eigenvalue weighted by atomic mass is 32.2. The first-order chi connectivity index (χ1) is 17.0. The number of nitrogens with zero attached hydrogens (tertiary/aromatic N) is 2. The topological polar surface area (TPSA) is 102 Å². The molecule has 1 saturated carbocycles. The Labute approximate surface area is 216 Å². The van der Waals surface area contributed by atoms with Gasteiger partial charge in [0.05, 0.1) is 25.4 Å². The molecule has 0 saturated heterocycles. The van der Waals surface area contributed by atoms with Gasteiger partial charge in [0, 0.05) is 11.4 Å². The van der Waals surface area contributed by atoms with Gasteiger partial charge in [0.1, 0.15) is 0 Å². The summed E-state index contributed by atoms with van der Waals surface area (Å²) in [5.74, 6) is 1.47. The lowest BCUT2D eigenvalue weighted by Crippen LogP contribution is -2.37. The molecule has 11 heteroatoms. The summed E-state index contributed by atoms with van der Waals surface area (Å²) in [6.07, 6.45) is 4.47. The number of aromatic nitrogens is 2. The summed E-state index contributed by atoms with van der Waals surface area (Å²) in [4.78, 5) is 26.6. The molecule has 1 aromatic carbocycles. The smallest absolute Gasteiger partial charge is 0.237 e. The molecule has 1 fully saturated rings. The fourth-order valence-electron chi connectivity index (χ4n) is 4.21. The standard InChI is InChI=1S/C24H28N4O4S3/c1-31-17-8-7-16(14-18(17)32-2)9-12-25-20(29)15-34-23-28-27-22(35-23)26-21(30)24(10-3-4-11-24)19-6-5-13-33-19/h5-8,13-14H,3-4,9-12,15H2,1-2H3,(H,25,29)(H,26,27,30). The minimum absolute atomic E-state index is 0.0157. The highest BCUT2D eigenvalue weighted by Crippen LogP contribution is 2.44. The normalized spacial score (nSPS) is 14.5. The van der Waals surface area contributed by atoms with Gasteiger partial charge in [-0.1, -0.05) is 48.1 Å². The lowest BCUT2D eigenvalue weighted by atomic mass is 9.83. The molecule has 2 heterocycles. The number of hydrogen-bond donors (Lipinski definition) is 2. The van der Waals surface area contributed by atoms with Crippen LogP contribution in [0.5, 0.6) is 11.5 Å². The SMILES string of the molecule is COc1ccc(CCNC(=O)CSc2nnc(NC(=O)C3(c4cccs4)CCCC3)s2)cc1OC. The Morgan fingerprint density at radius 2 is 1.91 bits per heavy atom. The van der Waals surface area contributed by atoms with Crippen molar-refractivity contribution < 1.29 is 19.1 Å². The van der Waals surface area contributed by atoms with E-state index in [1.54, 1.807) is 25.6 Å². The molecule has 2 N–H and O–H groups in total. The summed E-state index contributed by atoms with van der Waals surface area (Å²) in [7, 11) is 3.20. The van der Waals surface area contributed by atoms with Gasteiger partial charge in [0.25, 0.3) is 0 Å². The summed E-state index contributed by atoms with van der Waals surface area (Å²) in [6.45, 7) is 0.511. The van der Waals surface area contributed by atoms with E-state index in [1.165, 1.54) is 23.1 Å². The van der Waals surface area contributed by atoms with E-state index in [9.17, 15) is 9.59 Å². The Morgan fingerprint density at radius 3 is 2.63 bits per heavy atom. The molecule has 0 unspecified atom stereocenters. The molecule has 35 heavy (non-hydrogen) atoms. The van der Waals surface area contributed by atoms with Crippen molar-refractivity contribution in [2.45, 2.75) is 41.9 Å². The first-order valence-corrected chi connectivity index (χ1v) is 14.0. The quantitative estimate of drug-likeness (QED) is 0.277. The fourth-order valence-corrected chi connectivity index (χ4v) is 6.77. The number of carbonyl (C=O) groups is 2. The second-order valence-electron chi connectivity index (χ2n) is 8.17. The lowest BCUT2D eigenvalue weighted by molar-refractivity contribution is -0.121. The van der Waals surface area contributed by atoms with Gasteiger partial charge in [-0.25, -0.2) is 0 Å². The summed E-state index contributed by atoms with van der Waals surface area (Å²) < 4.78 is 11.2. The van der Waals surface area contributed by atoms with Crippen molar-refractivity contribution in [2.75, 3.05) is 31.8 Å². The van der Waals surface area contributed by atoms with Crippen molar-refractivity contribution in [1.82, 2.24) is 15.5 Å². The molecule has 0 spiro atoms. The van der Waals surface area contributed by atoms with Crippen molar-refractivity contribution >= 4 is 51.4 Å². The summed E-state index contributed by atoms with van der Waals surface area (Å²) in [6, 6.07) is 9.75. The summed E-state index contributed by atoms with van der Waals surface area (Å²) in [5.41, 5.74) is 0.573. The fraction of sp³-hybridized carbons (Fsp3) is 0.417. The highest BCUT2D eigenvalue weighted by Gasteiger charge is 2.43. The summed E-state index contributed by atoms with van der Waals surface area (Å²) in [5, 5.41) is 16.6. The van der Waals surface area contributed by atoms with Gasteiger partial charge >= 0.3 is 0 Å². The van der Waals surface area contributed by atoms with Gasteiger partial charge in [-0.05, 0) is 48.4 Å². The number of anilines is 1. The number of benzene rings is 1. The maximum atomic E-state index is 13.2. The molecule has 0 aliphatic heterocycles. The Balaban J connectivity index is 1.23. The predicted molar refractivity (Wildman–Crippen MR) is 140 cm³/mol. The molecule has 0 radical (unpaired) electrons. The third-order valence-electron chi connectivity index (χ3n) is 6.02. The van der Waals surface area contributed by atoms with Gasteiger partial charge in [0.2, 0.25) is 16.9 Å². The van der Waals surface area contributed by atoms with Crippen LogP contribution < -0.4 is 20.1 Å². The second-order valence-corrected chi connectivity index (χ2v) is 11.3. The molecule has 2 aromatic heterocycles. The Bertz CT molecular complexity index is 1140. The van der Waals surface area contributed by atoms with E-state index >= 15 is 0 Å². The third-order valence-corrected chi connectivity index (χ3v) is 9.07. The molecule has 0 bridgehead atoms. The highest BCUT2D eigenvalue weighted by molar-refractivity contribution is 8.01. The molecule has 4 rings (SSSR count). The minimum Gasteiger partial charge on any atom is -0.493 e. The number of carbonyl (C=O) groups excluding carboxylic acids is 2. The first kappa shape index (κ1) is 25.5. The first-order valence-electron chi connectivity index (χ1n) is 11.3. The van der Waals surface area contributed by atoms with Gasteiger partial charge in [-0.15, -0.1) is 21.5 Å². The molecule has 186 valence electrons. The van der Waals surface area contributed by atoms with E-state index in [4.69, 9.17) is 9.47 Å². The van der Waals surface area contributed by atoms with Crippen LogP contribution in [0.15, 0.2) is 40.1 Å². The molecule has 3 aromatic rings. The third kappa shape index (κ3) is 6.14. The molecule has 1 aliphatic rings. The van der Waals surface area contributed by atoms with Crippen LogP contribution in [0.4, 0.5) is 5.13 Å². The zero-order valence-corrected chi connectivity index (χ0v) is 22.1. The summed E-state index contributed by atoms with van der Waals surface area (Å²) >= 11 is 4.23. The number of hydrogen-bond acceptors (Lipinski definition) is 9. The van der Waals surface area contributed by atoms with E-state index in [0.29, 0.717) is 33.9 Å². The molecular weight excluding hydrogens is 504 g/mol. The number of amides is 2. The van der Waals surface area contributed by atoms with Crippen LogP contribution in [0.25, 0.3) is 0 Å². The average molecular weight is 533 g/mol. The van der Waals surface area contributed by atoms with Crippen molar-refractivity contribution in [2.24, 2.45) is 0 Å². The monoisotopic (exact) mass is 532 g/mol. The van der Waals surface area contributed by atoms with Crippen LogP contribution in [0.2, 0.25) is 0 Å². The largest absolute Gasteiger partial charge is 0.493 e. The number of methoxy groups -OCH3 is 2. The molecular formula is C24H28N4O4S3. The van der Waals surface area contributed by atoms with Gasteiger partial charge in [0.15, 0.2) is 15.8 Å². The number of ether oxygens (including phenoxy) is 2. The van der Waals surface area contributed by atoms with Crippen molar-refractivity contribution in [3.63, 3.8) is 0 Å². The van der Waals surface area contributed by atoms with Crippen LogP contribution in [0.3, 0.4) is 0 Å². The zero-order valence-electron chi connectivity index (χ0n) is 19.7. The zero-order chi connectivity index (χ0) is 24.7. The maximum absolute atomic E-state index is 13.2. The van der Waals surface area contributed by atoms with E-state index in [1.807, 2.05) is 35.7 Å².